The van der Waals surface area contributed by atoms with Crippen molar-refractivity contribution >= 4 is 50.5 Å². The molecule has 0 fully saturated rings. The minimum absolute atomic E-state index is 0. The van der Waals surface area contributed by atoms with Crippen LogP contribution < -0.4 is 26.6 Å². The van der Waals surface area contributed by atoms with Crippen molar-refractivity contribution in [1.82, 2.24) is 26.6 Å². The number of benzene rings is 7. The molecule has 0 saturated heterocycles. The molecule has 0 unspecified atom stereocenters. The molecule has 1 aliphatic rings. The second-order valence-electron chi connectivity index (χ2n) is 21.0. The zero-order valence-corrected chi connectivity index (χ0v) is 49.1. The minimum atomic E-state index is -0.0965. The Morgan fingerprint density at radius 3 is 1.38 bits per heavy atom. The van der Waals surface area contributed by atoms with Gasteiger partial charge in [-0.05, 0) is 187 Å². The van der Waals surface area contributed by atoms with Gasteiger partial charge in [-0.15, -0.1) is 0 Å². The van der Waals surface area contributed by atoms with Gasteiger partial charge in [-0.2, -0.15) is 0 Å². The van der Waals surface area contributed by atoms with E-state index in [0.717, 1.165) is 44.9 Å². The third-order valence-electron chi connectivity index (χ3n) is 14.9. The average molecular weight is 1080 g/mol. The second-order valence-corrected chi connectivity index (χ2v) is 21.0. The molecule has 0 saturated carbocycles. The Kier molecular flexibility index (Phi) is 30.2. The number of carbonyl (C=O) groups is 5. The van der Waals surface area contributed by atoms with Crippen molar-refractivity contribution < 1.29 is 24.0 Å². The maximum absolute atomic E-state index is 11.5. The predicted octanol–water partition coefficient (Wildman–Crippen LogP) is 11.7. The average Bonchev–Trinajstić information content (AvgIpc) is 3.89. The first-order valence-corrected chi connectivity index (χ1v) is 28.0. The van der Waals surface area contributed by atoms with Gasteiger partial charge in [0.2, 0.25) is 0 Å². The lowest BCUT2D eigenvalue weighted by Crippen LogP contribution is -2.39. The molecule has 80 heavy (non-hydrogen) atoms. The highest BCUT2D eigenvalue weighted by molar-refractivity contribution is 5.88. The van der Waals surface area contributed by atoms with Gasteiger partial charge in [-0.1, -0.05) is 185 Å². The lowest BCUT2D eigenvalue weighted by atomic mass is 9.94. The minimum Gasteiger partial charge on any atom is -0.311 e. The summed E-state index contributed by atoms with van der Waals surface area (Å²) in [5.41, 5.74) is 9.06. The van der Waals surface area contributed by atoms with Gasteiger partial charge < -0.3 is 26.6 Å². The van der Waals surface area contributed by atoms with Crippen LogP contribution in [0.3, 0.4) is 0 Å². The Labute approximate surface area is 479 Å². The number of carbonyl (C=O) groups excluding carboxylic acids is 5. The van der Waals surface area contributed by atoms with Gasteiger partial charge >= 0.3 is 0 Å². The zero-order chi connectivity index (χ0) is 57.9. The monoisotopic (exact) mass is 1080 g/mol. The molecule has 0 heterocycles. The molecule has 0 amide bonds. The topological polar surface area (TPSA) is 146 Å². The summed E-state index contributed by atoms with van der Waals surface area (Å²) in [5, 5.41) is 20.2. The lowest BCUT2D eigenvalue weighted by molar-refractivity contribution is -0.120. The maximum Gasteiger partial charge on any atom is 0.147 e. The fourth-order valence-corrected chi connectivity index (χ4v) is 10.0. The molecule has 428 valence electrons. The van der Waals surface area contributed by atoms with Crippen LogP contribution in [0.15, 0.2) is 164 Å². The first-order valence-electron chi connectivity index (χ1n) is 28.0. The number of fused-ring (bicyclic) bond motifs is 3. The summed E-state index contributed by atoms with van der Waals surface area (Å²) in [6.45, 7) is 12.6. The van der Waals surface area contributed by atoms with E-state index in [9.17, 15) is 24.0 Å². The molecule has 0 bridgehead atoms. The van der Waals surface area contributed by atoms with Gasteiger partial charge in [0.05, 0.1) is 30.2 Å². The zero-order valence-electron chi connectivity index (χ0n) is 49.1. The normalized spacial score (nSPS) is 13.4. The summed E-state index contributed by atoms with van der Waals surface area (Å²) in [4.78, 5) is 56.7. The van der Waals surface area contributed by atoms with E-state index in [4.69, 9.17) is 0 Å². The molecule has 8 rings (SSSR count). The standard InChI is InChI=1S/2C15H17NO.C14H21NO.C13H17NO.C12H17NO.CH4/c1-11(17)15(16-2)10-13-8-5-7-12-6-3-4-9-14(12)13;1-11(17)15(16-2)10-12-7-8-13-5-3-4-6-14(13)9-12;1-10(2)13-7-5-12(6-8-13)9-14(15-4)11(3)16;1-9(15)13(14-2)12-7-10-5-3-4-6-11(10)8-12;1-10(14)12(13-2)9-8-11-6-4-3-5-7-11;/h2*3-9,15-16H,10H2,1-2H3;5-8,10,14-15H,9H2,1-4H3;3-6,12-14H,7-8H2,1-2H3;3-7,12-13H,8-9H2,1-2H3;1H4/t2*15-;14-;13-;12-;/m00010./s1. The third-order valence-corrected chi connectivity index (χ3v) is 14.9. The molecule has 0 radical (unpaired) electrons. The molecule has 7 aromatic carbocycles. The van der Waals surface area contributed by atoms with Crippen LogP contribution in [0.5, 0.6) is 0 Å². The Balaban J connectivity index is 0.000000262. The summed E-state index contributed by atoms with van der Waals surface area (Å²) in [6.07, 6.45) is 6.14. The van der Waals surface area contributed by atoms with Gasteiger partial charge in [-0.25, -0.2) is 0 Å². The molecule has 0 aliphatic heterocycles. The van der Waals surface area contributed by atoms with Crippen molar-refractivity contribution in [3.05, 3.63) is 203 Å². The van der Waals surface area contributed by atoms with Crippen molar-refractivity contribution in [1.29, 1.82) is 0 Å². The molecule has 7 aromatic rings. The summed E-state index contributed by atoms with van der Waals surface area (Å²) in [5.74, 6) is 2.00. The van der Waals surface area contributed by atoms with Crippen LogP contribution in [0, 0.1) is 5.92 Å². The van der Waals surface area contributed by atoms with Crippen molar-refractivity contribution in [2.45, 2.75) is 137 Å². The number of nitrogens with one attached hydrogen (secondary N) is 5. The van der Waals surface area contributed by atoms with Gasteiger partial charge in [0.25, 0.3) is 0 Å². The molecule has 1 aliphatic carbocycles. The van der Waals surface area contributed by atoms with E-state index >= 15 is 0 Å². The number of ketones is 5. The van der Waals surface area contributed by atoms with Gasteiger partial charge in [0, 0.05) is 0 Å². The highest BCUT2D eigenvalue weighted by Crippen LogP contribution is 2.29. The van der Waals surface area contributed by atoms with E-state index in [-0.39, 0.29) is 66.6 Å². The predicted molar refractivity (Wildman–Crippen MR) is 336 cm³/mol. The summed E-state index contributed by atoms with van der Waals surface area (Å²) in [6, 6.07) is 56.1. The van der Waals surface area contributed by atoms with Crippen molar-refractivity contribution in [3.8, 4) is 0 Å². The number of hydrogen-bond acceptors (Lipinski definition) is 10. The van der Waals surface area contributed by atoms with Crippen LogP contribution in [0.25, 0.3) is 21.5 Å². The van der Waals surface area contributed by atoms with Crippen LogP contribution >= 0.6 is 0 Å². The molecule has 0 spiro atoms. The van der Waals surface area contributed by atoms with Crippen LogP contribution in [0.1, 0.15) is 107 Å². The molecule has 0 aromatic heterocycles. The number of rotatable bonds is 21. The Hall–Kier alpha value is -6.79. The molecular weight excluding hydrogens is 991 g/mol. The Morgan fingerprint density at radius 1 is 0.425 bits per heavy atom. The van der Waals surface area contributed by atoms with Crippen molar-refractivity contribution in [2.24, 2.45) is 5.92 Å². The Bertz CT molecular complexity index is 2950. The second kappa shape index (κ2) is 35.7. The van der Waals surface area contributed by atoms with Gasteiger partial charge in [-0.3, -0.25) is 24.0 Å². The third kappa shape index (κ3) is 22.0. The highest BCUT2D eigenvalue weighted by atomic mass is 16.1. The van der Waals surface area contributed by atoms with E-state index in [1.165, 1.54) is 60.5 Å². The van der Waals surface area contributed by atoms with E-state index in [1.807, 2.05) is 83.8 Å². The quantitative estimate of drug-likeness (QED) is 0.0472. The van der Waals surface area contributed by atoms with Gasteiger partial charge in [0.15, 0.2) is 0 Å². The molecule has 10 heteroatoms. The van der Waals surface area contributed by atoms with Gasteiger partial charge in [0.1, 0.15) is 28.9 Å². The summed E-state index contributed by atoms with van der Waals surface area (Å²) < 4.78 is 0. The van der Waals surface area contributed by atoms with E-state index in [0.29, 0.717) is 11.8 Å². The number of Topliss-reactive ketones (excluding diaryl/α,β-unsaturated/α-hetero) is 5. The number of likely N-dealkylation sites (N-methyl/N-ethyl adjacent to an activating group) is 5. The van der Waals surface area contributed by atoms with Crippen LogP contribution in [-0.4, -0.2) is 94.4 Å². The van der Waals surface area contributed by atoms with E-state index in [1.54, 1.807) is 34.6 Å². The SMILES string of the molecule is C.CN[C@@H](CCc1ccccc1)C(C)=O.CN[C@@H](Cc1ccc(C(C)C)cc1)C(C)=O.CN[C@@H](Cc1ccc2ccccc2c1)C(C)=O.CN[C@@H](Cc1cccc2ccccc12)C(C)=O.CN[C@H](C(C)=O)C1Cc2ccccc2C1. The molecular formula is C70H93N5O5. The first kappa shape index (κ1) is 67.5. The van der Waals surface area contributed by atoms with Crippen LogP contribution in [-0.2, 0) is 62.5 Å². The van der Waals surface area contributed by atoms with Crippen LogP contribution in [0.2, 0.25) is 0 Å². The fourth-order valence-electron chi connectivity index (χ4n) is 10.0. The van der Waals surface area contributed by atoms with E-state index < -0.39 is 0 Å². The number of hydrogen-bond donors (Lipinski definition) is 5. The fraction of sp³-hybridized carbons (Fsp3) is 0.386. The molecule has 5 atom stereocenters. The van der Waals surface area contributed by atoms with Crippen LogP contribution in [0.4, 0.5) is 0 Å². The Morgan fingerprint density at radius 2 is 0.875 bits per heavy atom. The largest absolute Gasteiger partial charge is 0.311 e. The summed E-state index contributed by atoms with van der Waals surface area (Å²) >= 11 is 0. The van der Waals surface area contributed by atoms with Crippen molar-refractivity contribution in [2.75, 3.05) is 35.2 Å². The first-order chi connectivity index (χ1) is 37.9. The van der Waals surface area contributed by atoms with E-state index in [2.05, 4.69) is 156 Å². The summed E-state index contributed by atoms with van der Waals surface area (Å²) in [7, 11) is 9.19. The molecule has 10 nitrogen and oxygen atoms in total. The molecule has 5 N–H and O–H groups in total. The smallest absolute Gasteiger partial charge is 0.147 e. The number of aryl methyl sites for hydroxylation is 1. The highest BCUT2D eigenvalue weighted by Gasteiger charge is 2.30. The lowest BCUT2D eigenvalue weighted by Gasteiger charge is -2.19. The maximum atomic E-state index is 11.5. The van der Waals surface area contributed by atoms with Crippen molar-refractivity contribution in [3.63, 3.8) is 0 Å².